The zero-order valence-corrected chi connectivity index (χ0v) is 26.7. The molecule has 224 valence electrons. The summed E-state index contributed by atoms with van der Waals surface area (Å²) in [7, 11) is 1.61. The van der Waals surface area contributed by atoms with Crippen LogP contribution in [0.15, 0.2) is 91.1 Å². The van der Waals surface area contributed by atoms with E-state index in [4.69, 9.17) is 21.9 Å². The predicted molar refractivity (Wildman–Crippen MR) is 182 cm³/mol. The standard InChI is InChI=1S/C36H37N5O2S/c1-22-20-27(23(2)40(22)30-16-11-13-24-12-7-8-14-26(24)30)33-32(29-15-9-10-19-37-29)39-35(44)41(33)25-17-18-28(31(21-25)43-6)38-34(42)36(3,4)5/h7-21,32-33H,1-6H3,(H,38,42)(H,39,44)/t32-,33-/m0/s1. The van der Waals surface area contributed by atoms with Crippen molar-refractivity contribution >= 4 is 45.4 Å². The smallest absolute Gasteiger partial charge is 0.229 e. The van der Waals surface area contributed by atoms with Gasteiger partial charge in [-0.3, -0.25) is 9.78 Å². The van der Waals surface area contributed by atoms with E-state index in [1.54, 1.807) is 7.11 Å². The molecule has 1 aliphatic heterocycles. The Kier molecular flexibility index (Phi) is 7.63. The van der Waals surface area contributed by atoms with Crippen molar-refractivity contribution < 1.29 is 9.53 Å². The van der Waals surface area contributed by atoms with Crippen LogP contribution in [0.3, 0.4) is 0 Å². The first kappa shape index (κ1) is 29.4. The van der Waals surface area contributed by atoms with Gasteiger partial charge in [-0.1, -0.05) is 63.2 Å². The largest absolute Gasteiger partial charge is 0.494 e. The van der Waals surface area contributed by atoms with Crippen LogP contribution in [0.5, 0.6) is 5.75 Å². The Labute approximate surface area is 263 Å². The minimum absolute atomic E-state index is 0.0871. The Morgan fingerprint density at radius 3 is 2.45 bits per heavy atom. The number of fused-ring (bicyclic) bond motifs is 1. The van der Waals surface area contributed by atoms with Gasteiger partial charge in [0.1, 0.15) is 5.75 Å². The fourth-order valence-electron chi connectivity index (χ4n) is 6.05. The van der Waals surface area contributed by atoms with Crippen molar-refractivity contribution in [2.75, 3.05) is 17.3 Å². The number of hydrogen-bond acceptors (Lipinski definition) is 4. The number of ether oxygens (including phenoxy) is 1. The van der Waals surface area contributed by atoms with Crippen molar-refractivity contribution in [3.05, 3.63) is 114 Å². The lowest BCUT2D eigenvalue weighted by Crippen LogP contribution is -2.30. The van der Waals surface area contributed by atoms with E-state index in [9.17, 15) is 4.79 Å². The van der Waals surface area contributed by atoms with Gasteiger partial charge in [-0.25, -0.2) is 0 Å². The summed E-state index contributed by atoms with van der Waals surface area (Å²) in [5.74, 6) is 0.472. The number of thiocarbonyl (C=S) groups is 1. The molecule has 0 spiro atoms. The van der Waals surface area contributed by atoms with Gasteiger partial charge in [-0.2, -0.15) is 0 Å². The van der Waals surface area contributed by atoms with Crippen molar-refractivity contribution in [3.63, 3.8) is 0 Å². The van der Waals surface area contributed by atoms with Gasteiger partial charge in [0.25, 0.3) is 0 Å². The first-order valence-corrected chi connectivity index (χ1v) is 15.2. The van der Waals surface area contributed by atoms with Crippen LogP contribution in [0.2, 0.25) is 0 Å². The van der Waals surface area contributed by atoms with Crippen molar-refractivity contribution in [3.8, 4) is 11.4 Å². The molecule has 0 bridgehead atoms. The highest BCUT2D eigenvalue weighted by Gasteiger charge is 2.42. The van der Waals surface area contributed by atoms with Gasteiger partial charge >= 0.3 is 0 Å². The lowest BCUT2D eigenvalue weighted by atomic mass is 9.95. The minimum Gasteiger partial charge on any atom is -0.494 e. The zero-order chi connectivity index (χ0) is 31.2. The third-order valence-electron chi connectivity index (χ3n) is 8.29. The Bertz CT molecular complexity index is 1870. The Balaban J connectivity index is 1.49. The van der Waals surface area contributed by atoms with E-state index in [2.05, 4.69) is 82.5 Å². The minimum atomic E-state index is -0.544. The van der Waals surface area contributed by atoms with Gasteiger partial charge in [0.2, 0.25) is 5.91 Å². The van der Waals surface area contributed by atoms with Crippen molar-refractivity contribution in [2.45, 2.75) is 46.7 Å². The van der Waals surface area contributed by atoms with Gasteiger partial charge in [-0.15, -0.1) is 0 Å². The number of pyridine rings is 1. The first-order valence-electron chi connectivity index (χ1n) is 14.8. The summed E-state index contributed by atoms with van der Waals surface area (Å²) in [6.07, 6.45) is 1.81. The fraction of sp³-hybridized carbons (Fsp3) is 0.250. The molecule has 1 amide bonds. The van der Waals surface area contributed by atoms with Gasteiger partial charge in [0, 0.05) is 40.1 Å². The molecule has 44 heavy (non-hydrogen) atoms. The second kappa shape index (κ2) is 11.4. The molecular weight excluding hydrogens is 566 g/mol. The molecule has 1 aliphatic rings. The normalized spacial score (nSPS) is 16.7. The average molecular weight is 604 g/mol. The van der Waals surface area contributed by atoms with E-state index in [0.29, 0.717) is 16.5 Å². The second-order valence-electron chi connectivity index (χ2n) is 12.2. The molecule has 3 heterocycles. The predicted octanol–water partition coefficient (Wildman–Crippen LogP) is 7.81. The van der Waals surface area contributed by atoms with Crippen molar-refractivity contribution in [1.82, 2.24) is 14.9 Å². The molecule has 0 radical (unpaired) electrons. The molecule has 1 fully saturated rings. The number of aryl methyl sites for hydroxylation is 1. The molecule has 0 aliphatic carbocycles. The quantitative estimate of drug-likeness (QED) is 0.193. The zero-order valence-electron chi connectivity index (χ0n) is 25.9. The summed E-state index contributed by atoms with van der Waals surface area (Å²) >= 11 is 6.02. The van der Waals surface area contributed by atoms with Crippen LogP contribution >= 0.6 is 12.2 Å². The monoisotopic (exact) mass is 603 g/mol. The number of amides is 1. The molecule has 1 saturated heterocycles. The molecule has 2 N–H and O–H groups in total. The van der Waals surface area contributed by atoms with E-state index >= 15 is 0 Å². The van der Waals surface area contributed by atoms with E-state index in [1.165, 1.54) is 10.8 Å². The maximum absolute atomic E-state index is 12.8. The van der Waals surface area contributed by atoms with Gasteiger partial charge in [-0.05, 0) is 73.4 Å². The number of carbonyl (C=O) groups excluding carboxylic acids is 1. The molecule has 3 aromatic carbocycles. The van der Waals surface area contributed by atoms with Crippen LogP contribution in [0.4, 0.5) is 11.4 Å². The Morgan fingerprint density at radius 2 is 1.73 bits per heavy atom. The summed E-state index contributed by atoms with van der Waals surface area (Å²) in [5, 5.41) is 9.57. The van der Waals surface area contributed by atoms with Crippen LogP contribution in [0.1, 0.15) is 55.5 Å². The molecule has 8 heteroatoms. The van der Waals surface area contributed by atoms with E-state index < -0.39 is 5.41 Å². The van der Waals surface area contributed by atoms with Crippen LogP contribution < -0.4 is 20.3 Å². The highest BCUT2D eigenvalue weighted by atomic mass is 32.1. The maximum Gasteiger partial charge on any atom is 0.229 e. The van der Waals surface area contributed by atoms with Crippen LogP contribution in [0, 0.1) is 19.3 Å². The van der Waals surface area contributed by atoms with Gasteiger partial charge < -0.3 is 24.8 Å². The van der Waals surface area contributed by atoms with Gasteiger partial charge in [0.05, 0.1) is 36.3 Å². The lowest BCUT2D eigenvalue weighted by molar-refractivity contribution is -0.123. The van der Waals surface area contributed by atoms with Crippen LogP contribution in [-0.2, 0) is 4.79 Å². The average Bonchev–Trinajstić information content (AvgIpc) is 3.51. The number of carbonyl (C=O) groups is 1. The molecule has 7 nitrogen and oxygen atoms in total. The first-order chi connectivity index (χ1) is 21.1. The molecule has 5 aromatic rings. The van der Waals surface area contributed by atoms with Crippen molar-refractivity contribution in [2.24, 2.45) is 5.41 Å². The number of benzene rings is 3. The Morgan fingerprint density at radius 1 is 0.977 bits per heavy atom. The highest BCUT2D eigenvalue weighted by molar-refractivity contribution is 7.80. The van der Waals surface area contributed by atoms with Crippen LogP contribution in [0.25, 0.3) is 16.5 Å². The van der Waals surface area contributed by atoms with Gasteiger partial charge in [0.15, 0.2) is 5.11 Å². The van der Waals surface area contributed by atoms with Crippen molar-refractivity contribution in [1.29, 1.82) is 0 Å². The fourth-order valence-corrected chi connectivity index (χ4v) is 6.40. The Hall–Kier alpha value is -4.69. The number of nitrogens with one attached hydrogen (secondary N) is 2. The summed E-state index contributed by atoms with van der Waals surface area (Å²) in [6, 6.07) is 28.5. The third-order valence-corrected chi connectivity index (χ3v) is 8.60. The number of methoxy groups -OCH3 is 1. The molecule has 2 atom stereocenters. The second-order valence-corrected chi connectivity index (χ2v) is 12.6. The molecular formula is C36H37N5O2S. The van der Waals surface area contributed by atoms with Crippen LogP contribution in [-0.4, -0.2) is 27.7 Å². The number of rotatable bonds is 6. The molecule has 0 unspecified atom stereocenters. The number of anilines is 2. The topological polar surface area (TPSA) is 71.4 Å². The maximum atomic E-state index is 12.8. The number of hydrogen-bond donors (Lipinski definition) is 2. The third kappa shape index (κ3) is 5.19. The summed E-state index contributed by atoms with van der Waals surface area (Å²) in [5.41, 5.74) is 6.36. The van der Waals surface area contributed by atoms with E-state index in [0.717, 1.165) is 34.0 Å². The van der Waals surface area contributed by atoms with E-state index in [-0.39, 0.29) is 18.0 Å². The molecule has 6 rings (SSSR count). The summed E-state index contributed by atoms with van der Waals surface area (Å²) in [6.45, 7) is 9.97. The lowest BCUT2D eigenvalue weighted by Gasteiger charge is -2.29. The molecule has 0 saturated carbocycles. The summed E-state index contributed by atoms with van der Waals surface area (Å²) < 4.78 is 8.10. The molecule has 2 aromatic heterocycles. The summed E-state index contributed by atoms with van der Waals surface area (Å²) in [4.78, 5) is 19.7. The highest BCUT2D eigenvalue weighted by Crippen LogP contribution is 2.45. The van der Waals surface area contributed by atoms with E-state index in [1.807, 2.05) is 63.4 Å². The number of nitrogens with zero attached hydrogens (tertiary/aromatic N) is 3. The number of aromatic nitrogens is 2. The SMILES string of the molecule is COc1cc(N2C(=S)N[C@@H](c3ccccn3)[C@@H]2c2cc(C)n(-c3cccc4ccccc34)c2C)ccc1NC(=O)C(C)(C)C.